The smallest absolute Gasteiger partial charge is 0.307 e. The number of rotatable bonds is 6. The zero-order valence-corrected chi connectivity index (χ0v) is 11.2. The Morgan fingerprint density at radius 3 is 1.33 bits per heavy atom. The highest BCUT2D eigenvalue weighted by Crippen LogP contribution is 2.22. The zero-order valence-electron chi connectivity index (χ0n) is 11.2. The van der Waals surface area contributed by atoms with Crippen molar-refractivity contribution in [2.24, 2.45) is 0 Å². The van der Waals surface area contributed by atoms with E-state index in [-0.39, 0.29) is 12.8 Å². The summed E-state index contributed by atoms with van der Waals surface area (Å²) in [5.41, 5.74) is 1.40. The van der Waals surface area contributed by atoms with Gasteiger partial charge >= 0.3 is 11.9 Å². The van der Waals surface area contributed by atoms with Crippen molar-refractivity contribution in [1.29, 1.82) is 0 Å². The van der Waals surface area contributed by atoms with Crippen molar-refractivity contribution in [2.75, 3.05) is 0 Å². The van der Waals surface area contributed by atoms with Crippen LogP contribution in [0.15, 0.2) is 48.5 Å². The molecule has 0 aliphatic rings. The monoisotopic (exact) mass is 286 g/mol. The number of aliphatic carboxylic acids is 2. The molecule has 0 bridgehead atoms. The van der Waals surface area contributed by atoms with Crippen molar-refractivity contribution in [2.45, 2.75) is 12.8 Å². The Bertz CT molecular complexity index is 571. The third-order valence-corrected chi connectivity index (χ3v) is 2.79. The van der Waals surface area contributed by atoms with Gasteiger partial charge in [0.25, 0.3) is 0 Å². The van der Waals surface area contributed by atoms with Gasteiger partial charge in [0.05, 0.1) is 12.8 Å². The summed E-state index contributed by atoms with van der Waals surface area (Å²) in [5, 5.41) is 17.4. The first-order chi connectivity index (χ1) is 10.0. The van der Waals surface area contributed by atoms with E-state index < -0.39 is 11.9 Å². The molecule has 0 spiro atoms. The fourth-order valence-electron chi connectivity index (χ4n) is 1.84. The second-order valence-electron chi connectivity index (χ2n) is 4.53. The average Bonchev–Trinajstić information content (AvgIpc) is 2.42. The molecule has 2 rings (SSSR count). The minimum atomic E-state index is -0.877. The molecule has 0 aliphatic carbocycles. The van der Waals surface area contributed by atoms with Crippen molar-refractivity contribution in [3.8, 4) is 11.5 Å². The summed E-state index contributed by atoms with van der Waals surface area (Å²) in [6.45, 7) is 0. The summed E-state index contributed by atoms with van der Waals surface area (Å²) in [6.07, 6.45) is -0.0473. The summed E-state index contributed by atoms with van der Waals surface area (Å²) in [7, 11) is 0. The highest BCUT2D eigenvalue weighted by atomic mass is 16.5. The van der Waals surface area contributed by atoms with Gasteiger partial charge in [-0.3, -0.25) is 9.59 Å². The van der Waals surface area contributed by atoms with Gasteiger partial charge in [-0.2, -0.15) is 0 Å². The number of carboxylic acids is 2. The number of hydrogen-bond acceptors (Lipinski definition) is 3. The molecule has 2 N–H and O–H groups in total. The molecular weight excluding hydrogens is 272 g/mol. The lowest BCUT2D eigenvalue weighted by Crippen LogP contribution is -2.00. The van der Waals surface area contributed by atoms with E-state index in [0.29, 0.717) is 22.6 Å². The molecule has 0 saturated carbocycles. The van der Waals surface area contributed by atoms with Gasteiger partial charge in [-0.1, -0.05) is 24.3 Å². The molecule has 0 amide bonds. The molecule has 5 nitrogen and oxygen atoms in total. The van der Waals surface area contributed by atoms with E-state index in [1.807, 2.05) is 0 Å². The van der Waals surface area contributed by atoms with Crippen molar-refractivity contribution >= 4 is 11.9 Å². The van der Waals surface area contributed by atoms with Crippen molar-refractivity contribution < 1.29 is 24.5 Å². The van der Waals surface area contributed by atoms with E-state index in [4.69, 9.17) is 14.9 Å². The zero-order chi connectivity index (χ0) is 15.2. The fraction of sp³-hybridized carbons (Fsp3) is 0.125. The summed E-state index contributed by atoms with van der Waals surface area (Å²) in [5.74, 6) is -0.569. The number of benzene rings is 2. The molecule has 0 radical (unpaired) electrons. The van der Waals surface area contributed by atoms with Crippen LogP contribution in [0.1, 0.15) is 11.1 Å². The SMILES string of the molecule is O=C(O)Cc1ccc(Oc2ccc(CC(=O)O)cc2)cc1. The van der Waals surface area contributed by atoms with Crippen LogP contribution in [0, 0.1) is 0 Å². The maximum atomic E-state index is 10.6. The average molecular weight is 286 g/mol. The van der Waals surface area contributed by atoms with Crippen LogP contribution in [0.2, 0.25) is 0 Å². The van der Waals surface area contributed by atoms with Crippen LogP contribution in [0.5, 0.6) is 11.5 Å². The molecule has 0 saturated heterocycles. The van der Waals surface area contributed by atoms with E-state index in [1.54, 1.807) is 48.5 Å². The lowest BCUT2D eigenvalue weighted by Gasteiger charge is -2.07. The quantitative estimate of drug-likeness (QED) is 0.853. The predicted octanol–water partition coefficient (Wildman–Crippen LogP) is 2.73. The number of carbonyl (C=O) groups is 2. The maximum absolute atomic E-state index is 10.6. The highest BCUT2D eigenvalue weighted by Gasteiger charge is 2.03. The van der Waals surface area contributed by atoms with Gasteiger partial charge < -0.3 is 14.9 Å². The van der Waals surface area contributed by atoms with Crippen LogP contribution in [-0.4, -0.2) is 22.2 Å². The molecule has 5 heteroatoms. The van der Waals surface area contributed by atoms with E-state index in [1.165, 1.54) is 0 Å². The molecule has 2 aromatic rings. The summed E-state index contributed by atoms with van der Waals surface area (Å²) in [6, 6.07) is 13.6. The van der Waals surface area contributed by atoms with Crippen LogP contribution in [0.4, 0.5) is 0 Å². The molecule has 108 valence electrons. The largest absolute Gasteiger partial charge is 0.481 e. The molecular formula is C16H14O5. The van der Waals surface area contributed by atoms with Gasteiger partial charge in [0.1, 0.15) is 11.5 Å². The molecule has 0 heterocycles. The minimum absolute atomic E-state index is 0.0236. The third kappa shape index (κ3) is 4.65. The summed E-state index contributed by atoms with van der Waals surface area (Å²) in [4.78, 5) is 21.2. The van der Waals surface area contributed by atoms with E-state index in [9.17, 15) is 9.59 Å². The lowest BCUT2D eigenvalue weighted by atomic mass is 10.1. The molecule has 2 aromatic carbocycles. The molecule has 0 aromatic heterocycles. The van der Waals surface area contributed by atoms with Gasteiger partial charge in [-0.25, -0.2) is 0 Å². The molecule has 0 aliphatic heterocycles. The van der Waals surface area contributed by atoms with Crippen molar-refractivity contribution in [1.82, 2.24) is 0 Å². The number of hydrogen-bond donors (Lipinski definition) is 2. The van der Waals surface area contributed by atoms with Gasteiger partial charge in [-0.15, -0.1) is 0 Å². The van der Waals surface area contributed by atoms with Gasteiger partial charge in [-0.05, 0) is 35.4 Å². The third-order valence-electron chi connectivity index (χ3n) is 2.79. The first-order valence-corrected chi connectivity index (χ1v) is 6.32. The molecule has 0 unspecified atom stereocenters. The Labute approximate surface area is 121 Å². The van der Waals surface area contributed by atoms with Crippen LogP contribution >= 0.6 is 0 Å². The van der Waals surface area contributed by atoms with Crippen LogP contribution < -0.4 is 4.74 Å². The number of carboxylic acid groups (broad SMARTS) is 2. The minimum Gasteiger partial charge on any atom is -0.481 e. The van der Waals surface area contributed by atoms with E-state index in [2.05, 4.69) is 0 Å². The van der Waals surface area contributed by atoms with Gasteiger partial charge in [0.2, 0.25) is 0 Å². The Morgan fingerprint density at radius 1 is 0.714 bits per heavy atom. The summed E-state index contributed by atoms with van der Waals surface area (Å²) < 4.78 is 5.60. The Morgan fingerprint density at radius 2 is 1.05 bits per heavy atom. The van der Waals surface area contributed by atoms with E-state index >= 15 is 0 Å². The normalized spacial score (nSPS) is 10.1. The van der Waals surface area contributed by atoms with Gasteiger partial charge in [0.15, 0.2) is 0 Å². The summed E-state index contributed by atoms with van der Waals surface area (Å²) >= 11 is 0. The van der Waals surface area contributed by atoms with Gasteiger partial charge in [0, 0.05) is 0 Å². The van der Waals surface area contributed by atoms with Crippen LogP contribution in [-0.2, 0) is 22.4 Å². The first-order valence-electron chi connectivity index (χ1n) is 6.32. The maximum Gasteiger partial charge on any atom is 0.307 e. The Hall–Kier alpha value is -2.82. The van der Waals surface area contributed by atoms with Crippen molar-refractivity contribution in [3.05, 3.63) is 59.7 Å². The van der Waals surface area contributed by atoms with Crippen molar-refractivity contribution in [3.63, 3.8) is 0 Å². The van der Waals surface area contributed by atoms with Crippen LogP contribution in [0.25, 0.3) is 0 Å². The van der Waals surface area contributed by atoms with E-state index in [0.717, 1.165) is 0 Å². The second-order valence-corrected chi connectivity index (χ2v) is 4.53. The standard InChI is InChI=1S/C16H14O5/c17-15(18)9-11-1-5-13(6-2-11)21-14-7-3-12(4-8-14)10-16(19)20/h1-8H,9-10H2,(H,17,18)(H,19,20). The fourth-order valence-corrected chi connectivity index (χ4v) is 1.84. The first kappa shape index (κ1) is 14.6. The predicted molar refractivity (Wildman–Crippen MR) is 75.6 cm³/mol. The second kappa shape index (κ2) is 6.56. The van der Waals surface area contributed by atoms with Crippen LogP contribution in [0.3, 0.4) is 0 Å². The molecule has 21 heavy (non-hydrogen) atoms. The molecule has 0 fully saturated rings. The lowest BCUT2D eigenvalue weighted by molar-refractivity contribution is -0.137. The Balaban J connectivity index is 2.01. The Kier molecular flexibility index (Phi) is 4.56. The topological polar surface area (TPSA) is 83.8 Å². The molecule has 0 atom stereocenters. The highest BCUT2D eigenvalue weighted by molar-refractivity contribution is 5.70. The number of ether oxygens (including phenoxy) is 1.